The van der Waals surface area contributed by atoms with E-state index in [2.05, 4.69) is 42.6 Å². The van der Waals surface area contributed by atoms with Crippen molar-refractivity contribution in [3.05, 3.63) is 59.3 Å². The molecule has 3 aromatic rings. The molecule has 2 aromatic heterocycles. The lowest BCUT2D eigenvalue weighted by Crippen LogP contribution is -2.39. The molecule has 6 nitrogen and oxygen atoms in total. The Bertz CT molecular complexity index is 943. The first-order valence-corrected chi connectivity index (χ1v) is 9.29. The highest BCUT2D eigenvalue weighted by Gasteiger charge is 2.18. The van der Waals surface area contributed by atoms with Crippen LogP contribution in [0.5, 0.6) is 5.88 Å². The van der Waals surface area contributed by atoms with Crippen LogP contribution in [0.1, 0.15) is 27.7 Å². The average molecular weight is 366 g/mol. The number of hydrogen-bond donors (Lipinski definition) is 0. The van der Waals surface area contributed by atoms with Gasteiger partial charge in [0.05, 0.1) is 6.20 Å². The topological polar surface area (TPSA) is 59.7 Å². The Kier molecular flexibility index (Phi) is 5.86. The van der Waals surface area contributed by atoms with Gasteiger partial charge in [-0.05, 0) is 33.3 Å². The quantitative estimate of drug-likeness (QED) is 0.642. The molecule has 1 aromatic carbocycles. The maximum atomic E-state index is 13.1. The van der Waals surface area contributed by atoms with Crippen LogP contribution in [0, 0.1) is 0 Å². The van der Waals surface area contributed by atoms with Crippen molar-refractivity contribution in [1.29, 1.82) is 0 Å². The molecular formula is C21H26N4O2. The van der Waals surface area contributed by atoms with Crippen molar-refractivity contribution < 1.29 is 4.74 Å². The standard InChI is InChI=1S/C21H26N4O2/c1-15(2)24(16(3)4)12-13-27-20-19(17-8-6-5-7-9-17)21(26)25-11-10-22-14-18(25)23-20/h5-11,14-16H,12-13H2,1-4H3. The fourth-order valence-corrected chi connectivity index (χ4v) is 3.30. The molecule has 0 amide bonds. The van der Waals surface area contributed by atoms with E-state index in [4.69, 9.17) is 4.74 Å². The summed E-state index contributed by atoms with van der Waals surface area (Å²) in [5.74, 6) is 0.353. The second kappa shape index (κ2) is 8.31. The average Bonchev–Trinajstić information content (AvgIpc) is 2.65. The van der Waals surface area contributed by atoms with Crippen LogP contribution < -0.4 is 10.3 Å². The summed E-state index contributed by atoms with van der Waals surface area (Å²) in [6.07, 6.45) is 4.77. The van der Waals surface area contributed by atoms with Crippen molar-refractivity contribution in [2.75, 3.05) is 13.2 Å². The molecule has 0 saturated heterocycles. The molecule has 27 heavy (non-hydrogen) atoms. The summed E-state index contributed by atoms with van der Waals surface area (Å²) >= 11 is 0. The minimum Gasteiger partial charge on any atom is -0.476 e. The summed E-state index contributed by atoms with van der Waals surface area (Å²) in [5, 5.41) is 0. The van der Waals surface area contributed by atoms with E-state index in [1.165, 1.54) is 4.40 Å². The summed E-state index contributed by atoms with van der Waals surface area (Å²) in [4.78, 5) is 24.0. The van der Waals surface area contributed by atoms with E-state index in [9.17, 15) is 4.79 Å². The zero-order valence-corrected chi connectivity index (χ0v) is 16.3. The number of hydrogen-bond acceptors (Lipinski definition) is 5. The first kappa shape index (κ1) is 19.0. The number of rotatable bonds is 7. The van der Waals surface area contributed by atoms with E-state index >= 15 is 0 Å². The Labute approximate surface area is 159 Å². The molecule has 0 fully saturated rings. The monoisotopic (exact) mass is 366 g/mol. The number of nitrogens with zero attached hydrogens (tertiary/aromatic N) is 4. The second-order valence-corrected chi connectivity index (χ2v) is 7.04. The van der Waals surface area contributed by atoms with Gasteiger partial charge in [0.1, 0.15) is 12.2 Å². The summed E-state index contributed by atoms with van der Waals surface area (Å²) in [5.41, 5.74) is 1.58. The van der Waals surface area contributed by atoms with Gasteiger partial charge in [-0.25, -0.2) is 0 Å². The highest BCUT2D eigenvalue weighted by atomic mass is 16.5. The van der Waals surface area contributed by atoms with Crippen LogP contribution in [-0.2, 0) is 0 Å². The van der Waals surface area contributed by atoms with Crippen LogP contribution in [0.4, 0.5) is 0 Å². The Morgan fingerprint density at radius 3 is 2.48 bits per heavy atom. The predicted molar refractivity (Wildman–Crippen MR) is 107 cm³/mol. The second-order valence-electron chi connectivity index (χ2n) is 7.04. The van der Waals surface area contributed by atoms with Crippen molar-refractivity contribution in [3.63, 3.8) is 0 Å². The largest absolute Gasteiger partial charge is 0.476 e. The van der Waals surface area contributed by atoms with E-state index < -0.39 is 0 Å². The molecule has 0 N–H and O–H groups in total. The van der Waals surface area contributed by atoms with Gasteiger partial charge in [0.15, 0.2) is 5.65 Å². The molecule has 0 spiro atoms. The molecule has 0 aliphatic carbocycles. The summed E-state index contributed by atoms with van der Waals surface area (Å²) in [7, 11) is 0. The van der Waals surface area contributed by atoms with Crippen molar-refractivity contribution in [2.45, 2.75) is 39.8 Å². The third-order valence-corrected chi connectivity index (χ3v) is 4.58. The van der Waals surface area contributed by atoms with Crippen LogP contribution in [-0.4, -0.2) is 44.5 Å². The van der Waals surface area contributed by atoms with Crippen molar-refractivity contribution >= 4 is 5.65 Å². The maximum absolute atomic E-state index is 13.1. The molecule has 0 unspecified atom stereocenters. The Morgan fingerprint density at radius 1 is 1.11 bits per heavy atom. The van der Waals surface area contributed by atoms with Gasteiger partial charge in [-0.1, -0.05) is 30.3 Å². The van der Waals surface area contributed by atoms with Gasteiger partial charge >= 0.3 is 0 Å². The number of aromatic nitrogens is 3. The normalized spacial score (nSPS) is 11.7. The van der Waals surface area contributed by atoms with E-state index in [0.717, 1.165) is 12.1 Å². The Balaban J connectivity index is 1.97. The molecule has 0 aliphatic rings. The van der Waals surface area contributed by atoms with E-state index in [-0.39, 0.29) is 5.56 Å². The lowest BCUT2D eigenvalue weighted by Gasteiger charge is -2.30. The number of ether oxygens (including phenoxy) is 1. The molecule has 142 valence electrons. The fraction of sp³-hybridized carbons (Fsp3) is 0.381. The zero-order valence-electron chi connectivity index (χ0n) is 16.3. The van der Waals surface area contributed by atoms with Gasteiger partial charge in [0.25, 0.3) is 5.56 Å². The van der Waals surface area contributed by atoms with Crippen LogP contribution in [0.15, 0.2) is 53.7 Å². The molecule has 0 aliphatic heterocycles. The molecule has 2 heterocycles. The van der Waals surface area contributed by atoms with Gasteiger partial charge < -0.3 is 4.74 Å². The smallest absolute Gasteiger partial charge is 0.269 e. The van der Waals surface area contributed by atoms with E-state index in [1.54, 1.807) is 18.6 Å². The van der Waals surface area contributed by atoms with Crippen molar-refractivity contribution in [1.82, 2.24) is 19.3 Å². The Morgan fingerprint density at radius 2 is 1.81 bits per heavy atom. The number of fused-ring (bicyclic) bond motifs is 1. The molecule has 0 saturated carbocycles. The fourth-order valence-electron chi connectivity index (χ4n) is 3.30. The molecular weight excluding hydrogens is 340 g/mol. The lowest BCUT2D eigenvalue weighted by atomic mass is 10.1. The summed E-state index contributed by atoms with van der Waals surface area (Å²) in [6, 6.07) is 10.4. The highest BCUT2D eigenvalue weighted by molar-refractivity contribution is 5.69. The van der Waals surface area contributed by atoms with Gasteiger partial charge in [0.2, 0.25) is 5.88 Å². The van der Waals surface area contributed by atoms with Crippen LogP contribution in [0.25, 0.3) is 16.8 Å². The van der Waals surface area contributed by atoms with Crippen molar-refractivity contribution in [3.8, 4) is 17.0 Å². The first-order valence-electron chi connectivity index (χ1n) is 9.29. The van der Waals surface area contributed by atoms with Gasteiger partial charge in [-0.2, -0.15) is 4.98 Å². The third-order valence-electron chi connectivity index (χ3n) is 4.58. The lowest BCUT2D eigenvalue weighted by molar-refractivity contribution is 0.140. The zero-order chi connectivity index (χ0) is 19.4. The molecule has 3 rings (SSSR count). The maximum Gasteiger partial charge on any atom is 0.269 e. The SMILES string of the molecule is CC(C)N(CCOc1nc2cnccn2c(=O)c1-c1ccccc1)C(C)C. The Hall–Kier alpha value is -2.73. The van der Waals surface area contributed by atoms with Gasteiger partial charge in [0, 0.05) is 31.0 Å². The minimum atomic E-state index is -0.159. The number of benzene rings is 1. The highest BCUT2D eigenvalue weighted by Crippen LogP contribution is 2.25. The molecule has 6 heteroatoms. The predicted octanol–water partition coefficient (Wildman–Crippen LogP) is 3.25. The first-order chi connectivity index (χ1) is 13.0. The van der Waals surface area contributed by atoms with Crippen molar-refractivity contribution in [2.24, 2.45) is 0 Å². The molecule has 0 radical (unpaired) electrons. The summed E-state index contributed by atoms with van der Waals surface area (Å²) in [6.45, 7) is 9.89. The van der Waals surface area contributed by atoms with Gasteiger partial charge in [-0.3, -0.25) is 19.1 Å². The van der Waals surface area contributed by atoms with E-state index in [0.29, 0.717) is 35.8 Å². The molecule has 0 atom stereocenters. The van der Waals surface area contributed by atoms with Crippen LogP contribution in [0.2, 0.25) is 0 Å². The third kappa shape index (κ3) is 4.17. The minimum absolute atomic E-state index is 0.159. The van der Waals surface area contributed by atoms with Gasteiger partial charge in [-0.15, -0.1) is 0 Å². The molecule has 0 bridgehead atoms. The van der Waals surface area contributed by atoms with E-state index in [1.807, 2.05) is 30.3 Å². The summed E-state index contributed by atoms with van der Waals surface area (Å²) < 4.78 is 7.51. The van der Waals surface area contributed by atoms with Crippen LogP contribution in [0.3, 0.4) is 0 Å². The van der Waals surface area contributed by atoms with Crippen LogP contribution >= 0.6 is 0 Å².